The average Bonchev–Trinajstić information content (AvgIpc) is 2.89. The van der Waals surface area contributed by atoms with Gasteiger partial charge in [0.05, 0.1) is 11.9 Å². The molecule has 7 nitrogen and oxygen atoms in total. The van der Waals surface area contributed by atoms with E-state index in [0.29, 0.717) is 16.4 Å². The van der Waals surface area contributed by atoms with Crippen LogP contribution in [-0.2, 0) is 32.6 Å². The summed E-state index contributed by atoms with van der Waals surface area (Å²) in [5.74, 6) is -3.32. The Bertz CT molecular complexity index is 1440. The molecule has 3 aromatic rings. The molecule has 0 aliphatic carbocycles. The fourth-order valence-corrected chi connectivity index (χ4v) is 5.35. The Balaban J connectivity index is 2.06. The molecule has 0 spiro atoms. The summed E-state index contributed by atoms with van der Waals surface area (Å²) in [6, 6.07) is 18.0. The van der Waals surface area contributed by atoms with Crippen molar-refractivity contribution >= 4 is 43.5 Å². The number of carbonyl (C=O) groups excluding carboxylic acids is 2. The number of sulfonamides is 1. The maximum atomic E-state index is 14.0. The zero-order chi connectivity index (χ0) is 29.4. The third kappa shape index (κ3) is 8.85. The van der Waals surface area contributed by atoms with Crippen LogP contribution < -0.4 is 9.62 Å². The van der Waals surface area contributed by atoms with Gasteiger partial charge in [0, 0.05) is 30.0 Å². The van der Waals surface area contributed by atoms with Crippen molar-refractivity contribution in [3.05, 3.63) is 100 Å². The minimum absolute atomic E-state index is 0.000251. The Labute approximate surface area is 242 Å². The van der Waals surface area contributed by atoms with Crippen molar-refractivity contribution in [2.45, 2.75) is 32.9 Å². The second kappa shape index (κ2) is 13.8. The van der Waals surface area contributed by atoms with Crippen LogP contribution in [0.1, 0.15) is 25.0 Å². The molecular formula is C29H32BrF2N3O4S. The van der Waals surface area contributed by atoms with Gasteiger partial charge in [-0.25, -0.2) is 17.2 Å². The number of rotatable bonds is 12. The monoisotopic (exact) mass is 635 g/mol. The number of halogens is 3. The maximum absolute atomic E-state index is 14.0. The minimum atomic E-state index is -4.09. The minimum Gasteiger partial charge on any atom is -0.354 e. The lowest BCUT2D eigenvalue weighted by Gasteiger charge is -2.33. The van der Waals surface area contributed by atoms with E-state index in [-0.39, 0.29) is 30.5 Å². The van der Waals surface area contributed by atoms with Gasteiger partial charge in [0.25, 0.3) is 0 Å². The van der Waals surface area contributed by atoms with Gasteiger partial charge in [-0.05, 0) is 41.3 Å². The normalized spacial score (nSPS) is 12.2. The van der Waals surface area contributed by atoms with E-state index in [1.165, 1.54) is 4.90 Å². The van der Waals surface area contributed by atoms with Gasteiger partial charge in [0.15, 0.2) is 11.6 Å². The molecular weight excluding hydrogens is 604 g/mol. The van der Waals surface area contributed by atoms with Crippen molar-refractivity contribution in [1.82, 2.24) is 10.2 Å². The zero-order valence-corrected chi connectivity index (χ0v) is 24.9. The summed E-state index contributed by atoms with van der Waals surface area (Å²) in [6.45, 7) is 3.56. The molecule has 1 atom stereocenters. The van der Waals surface area contributed by atoms with Gasteiger partial charge in [-0.1, -0.05) is 72.2 Å². The Morgan fingerprint density at radius 2 is 1.60 bits per heavy atom. The van der Waals surface area contributed by atoms with Gasteiger partial charge >= 0.3 is 0 Å². The fourth-order valence-electron chi connectivity index (χ4n) is 4.06. The van der Waals surface area contributed by atoms with E-state index in [1.54, 1.807) is 18.2 Å². The van der Waals surface area contributed by atoms with E-state index < -0.39 is 40.2 Å². The first-order valence-corrected chi connectivity index (χ1v) is 15.3. The molecule has 214 valence electrons. The molecule has 1 unspecified atom stereocenters. The first kappa shape index (κ1) is 31.2. The molecule has 0 radical (unpaired) electrons. The number of benzene rings is 3. The number of carbonyl (C=O) groups is 2. The van der Waals surface area contributed by atoms with E-state index in [0.717, 1.165) is 34.5 Å². The second-order valence-electron chi connectivity index (χ2n) is 9.86. The number of hydrogen-bond acceptors (Lipinski definition) is 4. The topological polar surface area (TPSA) is 86.8 Å². The van der Waals surface area contributed by atoms with Crippen LogP contribution in [0.15, 0.2) is 77.3 Å². The lowest BCUT2D eigenvalue weighted by Crippen LogP contribution is -2.53. The molecule has 0 fully saturated rings. The summed E-state index contributed by atoms with van der Waals surface area (Å²) >= 11 is 3.42. The maximum Gasteiger partial charge on any atom is 0.244 e. The molecule has 0 saturated carbocycles. The van der Waals surface area contributed by atoms with Crippen LogP contribution in [0.2, 0.25) is 0 Å². The van der Waals surface area contributed by atoms with Gasteiger partial charge in [0.1, 0.15) is 12.6 Å². The SMILES string of the molecule is CC(C)CNC(=O)C(Cc1ccccc1)N(Cc1cccc(Br)c1)C(=O)CN(c1ccc(F)c(F)c1)S(C)(=O)=O. The molecule has 2 amide bonds. The molecule has 0 aromatic heterocycles. The smallest absolute Gasteiger partial charge is 0.244 e. The van der Waals surface area contributed by atoms with Crippen molar-refractivity contribution in [2.75, 3.05) is 23.7 Å². The van der Waals surface area contributed by atoms with Crippen molar-refractivity contribution in [2.24, 2.45) is 5.92 Å². The van der Waals surface area contributed by atoms with Gasteiger partial charge in [-0.3, -0.25) is 13.9 Å². The highest BCUT2D eigenvalue weighted by Crippen LogP contribution is 2.23. The molecule has 1 N–H and O–H groups in total. The molecule has 3 rings (SSSR count). The van der Waals surface area contributed by atoms with Crippen LogP contribution in [0.4, 0.5) is 14.5 Å². The van der Waals surface area contributed by atoms with Gasteiger partial charge in [-0.15, -0.1) is 0 Å². The summed E-state index contributed by atoms with van der Waals surface area (Å²) in [5.41, 5.74) is 1.30. The summed E-state index contributed by atoms with van der Waals surface area (Å²) in [5, 5.41) is 2.90. The summed E-state index contributed by atoms with van der Waals surface area (Å²) < 4.78 is 54.5. The van der Waals surface area contributed by atoms with E-state index in [9.17, 15) is 26.8 Å². The average molecular weight is 637 g/mol. The Morgan fingerprint density at radius 3 is 2.20 bits per heavy atom. The van der Waals surface area contributed by atoms with Gasteiger partial charge in [-0.2, -0.15) is 0 Å². The predicted molar refractivity (Wildman–Crippen MR) is 155 cm³/mol. The highest BCUT2D eigenvalue weighted by molar-refractivity contribution is 9.10. The van der Waals surface area contributed by atoms with Crippen molar-refractivity contribution < 1.29 is 26.8 Å². The quantitative estimate of drug-likeness (QED) is 0.307. The number of amides is 2. The van der Waals surface area contributed by atoms with Crippen LogP contribution >= 0.6 is 15.9 Å². The lowest BCUT2D eigenvalue weighted by molar-refractivity contribution is -0.140. The fraction of sp³-hybridized carbons (Fsp3) is 0.310. The van der Waals surface area contributed by atoms with Crippen LogP contribution in [0, 0.1) is 17.6 Å². The highest BCUT2D eigenvalue weighted by atomic mass is 79.9. The van der Waals surface area contributed by atoms with E-state index >= 15 is 0 Å². The standard InChI is InChI=1S/C29H32BrF2N3O4S/c1-20(2)17-33-29(37)27(15-21-8-5-4-6-9-21)34(18-22-10-7-11-23(30)14-22)28(36)19-35(40(3,38)39)24-12-13-25(31)26(32)16-24/h4-14,16,20,27H,15,17-19H2,1-3H3,(H,33,37). The van der Waals surface area contributed by atoms with Crippen molar-refractivity contribution in [1.29, 1.82) is 0 Å². The Morgan fingerprint density at radius 1 is 0.925 bits per heavy atom. The molecule has 0 aliphatic heterocycles. The third-order valence-electron chi connectivity index (χ3n) is 6.07. The van der Waals surface area contributed by atoms with Crippen molar-refractivity contribution in [3.8, 4) is 0 Å². The summed E-state index contributed by atoms with van der Waals surface area (Å²) in [4.78, 5) is 28.8. The van der Waals surface area contributed by atoms with Crippen LogP contribution in [0.5, 0.6) is 0 Å². The lowest BCUT2D eigenvalue weighted by atomic mass is 10.0. The van der Waals surface area contributed by atoms with Gasteiger partial charge < -0.3 is 10.2 Å². The first-order chi connectivity index (χ1) is 18.8. The number of hydrogen-bond donors (Lipinski definition) is 1. The molecule has 3 aromatic carbocycles. The third-order valence-corrected chi connectivity index (χ3v) is 7.70. The highest BCUT2D eigenvalue weighted by Gasteiger charge is 2.33. The molecule has 0 bridgehead atoms. The first-order valence-electron chi connectivity index (χ1n) is 12.6. The summed E-state index contributed by atoms with van der Waals surface area (Å²) in [7, 11) is -4.09. The number of anilines is 1. The molecule has 40 heavy (non-hydrogen) atoms. The van der Waals surface area contributed by atoms with Crippen LogP contribution in [0.25, 0.3) is 0 Å². The van der Waals surface area contributed by atoms with E-state index in [4.69, 9.17) is 0 Å². The van der Waals surface area contributed by atoms with Crippen LogP contribution in [-0.4, -0.2) is 50.5 Å². The molecule has 0 heterocycles. The van der Waals surface area contributed by atoms with Gasteiger partial charge in [0.2, 0.25) is 21.8 Å². The zero-order valence-electron chi connectivity index (χ0n) is 22.5. The van der Waals surface area contributed by atoms with E-state index in [1.807, 2.05) is 50.2 Å². The second-order valence-corrected chi connectivity index (χ2v) is 12.7. The Hall–Kier alpha value is -3.31. The molecule has 0 saturated heterocycles. The van der Waals surface area contributed by atoms with Crippen LogP contribution in [0.3, 0.4) is 0 Å². The predicted octanol–water partition coefficient (Wildman–Crippen LogP) is 4.91. The van der Waals surface area contributed by atoms with E-state index in [2.05, 4.69) is 21.2 Å². The molecule has 0 aliphatic rings. The summed E-state index contributed by atoms with van der Waals surface area (Å²) in [6.07, 6.45) is 1.05. The number of nitrogens with one attached hydrogen (secondary N) is 1. The number of nitrogens with zero attached hydrogens (tertiary/aromatic N) is 2. The van der Waals surface area contributed by atoms with Crippen molar-refractivity contribution in [3.63, 3.8) is 0 Å². The Kier molecular flexibility index (Phi) is 10.8. The molecule has 11 heteroatoms. The largest absolute Gasteiger partial charge is 0.354 e.